The van der Waals surface area contributed by atoms with Gasteiger partial charge in [0.25, 0.3) is 5.91 Å². The van der Waals surface area contributed by atoms with E-state index in [1.54, 1.807) is 24.3 Å². The molecule has 0 saturated heterocycles. The van der Waals surface area contributed by atoms with E-state index in [1.807, 2.05) is 17.0 Å². The van der Waals surface area contributed by atoms with Crippen molar-refractivity contribution in [2.24, 2.45) is 0 Å². The summed E-state index contributed by atoms with van der Waals surface area (Å²) in [5, 5.41) is 11.9. The van der Waals surface area contributed by atoms with E-state index in [1.165, 1.54) is 0 Å². The van der Waals surface area contributed by atoms with Gasteiger partial charge in [-0.1, -0.05) is 25.4 Å². The number of benzene rings is 1. The summed E-state index contributed by atoms with van der Waals surface area (Å²) in [5.74, 6) is 0.514. The van der Waals surface area contributed by atoms with Gasteiger partial charge in [-0.25, -0.2) is 0 Å². The highest BCUT2D eigenvalue weighted by Gasteiger charge is 2.16. The minimum atomic E-state index is -0.0701. The lowest BCUT2D eigenvalue weighted by Crippen LogP contribution is -2.33. The normalized spacial score (nSPS) is 10.4. The van der Waals surface area contributed by atoms with E-state index < -0.39 is 0 Å². The molecule has 0 bridgehead atoms. The molecule has 2 rings (SSSR count). The average molecular weight is 333 g/mol. The maximum atomic E-state index is 12.4. The van der Waals surface area contributed by atoms with E-state index >= 15 is 0 Å². The second-order valence-corrected chi connectivity index (χ2v) is 5.66. The highest BCUT2D eigenvalue weighted by molar-refractivity contribution is 6.30. The van der Waals surface area contributed by atoms with Crippen molar-refractivity contribution in [2.45, 2.75) is 26.7 Å². The maximum Gasteiger partial charge on any atom is 0.274 e. The molecule has 1 amide bonds. The Morgan fingerprint density at radius 3 is 2.22 bits per heavy atom. The van der Waals surface area contributed by atoms with Gasteiger partial charge in [0.1, 0.15) is 0 Å². The van der Waals surface area contributed by atoms with Gasteiger partial charge in [-0.3, -0.25) is 4.79 Å². The van der Waals surface area contributed by atoms with Gasteiger partial charge in [0.15, 0.2) is 11.5 Å². The lowest BCUT2D eigenvalue weighted by molar-refractivity contribution is 0.0748. The van der Waals surface area contributed by atoms with E-state index in [9.17, 15) is 4.79 Å². The van der Waals surface area contributed by atoms with Crippen molar-refractivity contribution in [3.63, 3.8) is 0 Å². The minimum Gasteiger partial charge on any atom is -0.339 e. The first kappa shape index (κ1) is 17.2. The zero-order valence-electron chi connectivity index (χ0n) is 13.4. The minimum absolute atomic E-state index is 0.0701. The molecular formula is C17H21ClN4O. The van der Waals surface area contributed by atoms with Crippen molar-refractivity contribution in [1.82, 2.24) is 15.1 Å². The fourth-order valence-corrected chi connectivity index (χ4v) is 2.34. The summed E-state index contributed by atoms with van der Waals surface area (Å²) in [6.45, 7) is 5.58. The van der Waals surface area contributed by atoms with Crippen LogP contribution in [0.15, 0.2) is 36.4 Å². The molecule has 0 radical (unpaired) electrons. The Morgan fingerprint density at radius 2 is 1.70 bits per heavy atom. The molecule has 122 valence electrons. The Balaban J connectivity index is 2.05. The molecule has 0 saturated carbocycles. The number of halogens is 1. The summed E-state index contributed by atoms with van der Waals surface area (Å²) in [7, 11) is 0. The number of carbonyl (C=O) groups is 1. The van der Waals surface area contributed by atoms with E-state index in [0.29, 0.717) is 16.5 Å². The fraction of sp³-hybridized carbons (Fsp3) is 0.353. The standard InChI is InChI=1S/C17H21ClN4O/c1-3-11-22(12-4-2)17(23)15-9-10-16(21-20-15)19-14-7-5-13(18)6-8-14/h5-10H,3-4,11-12H2,1-2H3,(H,19,21). The average Bonchev–Trinajstić information content (AvgIpc) is 2.57. The number of nitrogens with zero attached hydrogens (tertiary/aromatic N) is 3. The van der Waals surface area contributed by atoms with Gasteiger partial charge in [-0.15, -0.1) is 10.2 Å². The number of nitrogens with one attached hydrogen (secondary N) is 1. The van der Waals surface area contributed by atoms with Crippen molar-refractivity contribution in [3.05, 3.63) is 47.1 Å². The number of carbonyl (C=O) groups excluding carboxylic acids is 1. The smallest absolute Gasteiger partial charge is 0.274 e. The van der Waals surface area contributed by atoms with E-state index in [-0.39, 0.29) is 5.91 Å². The number of hydrogen-bond donors (Lipinski definition) is 1. The van der Waals surface area contributed by atoms with Crippen LogP contribution in [0, 0.1) is 0 Å². The summed E-state index contributed by atoms with van der Waals surface area (Å²) < 4.78 is 0. The Morgan fingerprint density at radius 1 is 1.04 bits per heavy atom. The summed E-state index contributed by atoms with van der Waals surface area (Å²) >= 11 is 5.85. The van der Waals surface area contributed by atoms with Crippen LogP contribution in [0.4, 0.5) is 11.5 Å². The molecular weight excluding hydrogens is 312 g/mol. The van der Waals surface area contributed by atoms with Gasteiger partial charge >= 0.3 is 0 Å². The van der Waals surface area contributed by atoms with E-state index in [0.717, 1.165) is 31.6 Å². The molecule has 0 spiro atoms. The lowest BCUT2D eigenvalue weighted by atomic mass is 10.3. The molecule has 1 aromatic carbocycles. The van der Waals surface area contributed by atoms with Crippen LogP contribution in [-0.4, -0.2) is 34.1 Å². The molecule has 0 unspecified atom stereocenters. The number of amides is 1. The predicted octanol–water partition coefficient (Wildman–Crippen LogP) is 4.14. The summed E-state index contributed by atoms with van der Waals surface area (Å²) in [4.78, 5) is 14.2. The Hall–Kier alpha value is -2.14. The van der Waals surface area contributed by atoms with Crippen LogP contribution in [0.3, 0.4) is 0 Å². The monoisotopic (exact) mass is 332 g/mol. The van der Waals surface area contributed by atoms with Crippen LogP contribution >= 0.6 is 11.6 Å². The van der Waals surface area contributed by atoms with Crippen molar-refractivity contribution < 1.29 is 4.79 Å². The third-order valence-electron chi connectivity index (χ3n) is 3.27. The fourth-order valence-electron chi connectivity index (χ4n) is 2.21. The second kappa shape index (κ2) is 8.48. The molecule has 0 aliphatic carbocycles. The lowest BCUT2D eigenvalue weighted by Gasteiger charge is -2.20. The van der Waals surface area contributed by atoms with Crippen molar-refractivity contribution in [3.8, 4) is 0 Å². The summed E-state index contributed by atoms with van der Waals surface area (Å²) in [6, 6.07) is 10.8. The summed E-state index contributed by atoms with van der Waals surface area (Å²) in [6.07, 6.45) is 1.85. The second-order valence-electron chi connectivity index (χ2n) is 5.23. The highest BCUT2D eigenvalue weighted by Crippen LogP contribution is 2.17. The molecule has 0 aliphatic heterocycles. The van der Waals surface area contributed by atoms with Crippen LogP contribution < -0.4 is 5.32 Å². The number of anilines is 2. The predicted molar refractivity (Wildman–Crippen MR) is 93.3 cm³/mol. The van der Waals surface area contributed by atoms with E-state index in [2.05, 4.69) is 29.4 Å². The van der Waals surface area contributed by atoms with Gasteiger partial charge in [-0.2, -0.15) is 0 Å². The molecule has 6 heteroatoms. The Kier molecular flexibility index (Phi) is 6.35. The molecule has 5 nitrogen and oxygen atoms in total. The number of hydrogen-bond acceptors (Lipinski definition) is 4. The van der Waals surface area contributed by atoms with Gasteiger partial charge in [0.05, 0.1) is 0 Å². The maximum absolute atomic E-state index is 12.4. The van der Waals surface area contributed by atoms with Gasteiger partial charge in [-0.05, 0) is 49.2 Å². The molecule has 0 aliphatic rings. The van der Waals surface area contributed by atoms with Crippen molar-refractivity contribution in [2.75, 3.05) is 18.4 Å². The van der Waals surface area contributed by atoms with Crippen LogP contribution in [-0.2, 0) is 0 Å². The van der Waals surface area contributed by atoms with Gasteiger partial charge in [0.2, 0.25) is 0 Å². The van der Waals surface area contributed by atoms with Gasteiger partial charge < -0.3 is 10.2 Å². The molecule has 0 fully saturated rings. The number of rotatable bonds is 7. The number of aromatic nitrogens is 2. The topological polar surface area (TPSA) is 58.1 Å². The van der Waals surface area contributed by atoms with Crippen LogP contribution in [0.2, 0.25) is 5.02 Å². The Labute approximate surface area is 141 Å². The zero-order valence-corrected chi connectivity index (χ0v) is 14.2. The molecule has 23 heavy (non-hydrogen) atoms. The zero-order chi connectivity index (χ0) is 16.7. The first-order valence-corrected chi connectivity index (χ1v) is 8.17. The highest BCUT2D eigenvalue weighted by atomic mass is 35.5. The third kappa shape index (κ3) is 4.93. The molecule has 1 heterocycles. The quantitative estimate of drug-likeness (QED) is 0.828. The Bertz CT molecular complexity index is 622. The first-order chi connectivity index (χ1) is 11.1. The largest absolute Gasteiger partial charge is 0.339 e. The van der Waals surface area contributed by atoms with Crippen molar-refractivity contribution in [1.29, 1.82) is 0 Å². The SMILES string of the molecule is CCCN(CCC)C(=O)c1ccc(Nc2ccc(Cl)cc2)nn1. The van der Waals surface area contributed by atoms with Crippen molar-refractivity contribution >= 4 is 29.0 Å². The molecule has 1 aromatic heterocycles. The summed E-state index contributed by atoms with van der Waals surface area (Å²) in [5.41, 5.74) is 1.23. The molecule has 1 N–H and O–H groups in total. The van der Waals surface area contributed by atoms with Gasteiger partial charge in [0, 0.05) is 23.8 Å². The van der Waals surface area contributed by atoms with Crippen LogP contribution in [0.1, 0.15) is 37.2 Å². The third-order valence-corrected chi connectivity index (χ3v) is 3.53. The molecule has 2 aromatic rings. The van der Waals surface area contributed by atoms with E-state index in [4.69, 9.17) is 11.6 Å². The first-order valence-electron chi connectivity index (χ1n) is 7.79. The van der Waals surface area contributed by atoms with Crippen LogP contribution in [0.25, 0.3) is 0 Å². The van der Waals surface area contributed by atoms with Crippen LogP contribution in [0.5, 0.6) is 0 Å². The molecule has 0 atom stereocenters.